The van der Waals surface area contributed by atoms with Gasteiger partial charge in [-0.05, 0) is 0 Å². The summed E-state index contributed by atoms with van der Waals surface area (Å²) >= 11 is 62.4. The molecule has 0 radical (unpaired) electrons. The zero-order chi connectivity index (χ0) is 19.3. The maximum Gasteiger partial charge on any atom is 0.450 e. The molecular weight excluding hydrogens is 559 g/mol. The van der Waals surface area contributed by atoms with Gasteiger partial charge in [0.1, 0.15) is 0 Å². The third kappa shape index (κ3) is 5.13. The molecular formula is C8H2Cl11F3O. The van der Waals surface area contributed by atoms with Crippen molar-refractivity contribution in [2.24, 2.45) is 0 Å². The van der Waals surface area contributed by atoms with E-state index in [0.29, 0.717) is 0 Å². The van der Waals surface area contributed by atoms with Crippen molar-refractivity contribution in [3.05, 3.63) is 0 Å². The van der Waals surface area contributed by atoms with E-state index >= 15 is 0 Å². The van der Waals surface area contributed by atoms with Crippen molar-refractivity contribution in [1.82, 2.24) is 0 Å². The minimum absolute atomic E-state index is 1.64. The molecule has 0 aliphatic rings. The number of ketones is 1. The maximum absolute atomic E-state index is 12.4. The molecule has 0 unspecified atom stereocenters. The molecule has 0 rings (SSSR count). The molecule has 15 heteroatoms. The van der Waals surface area contributed by atoms with E-state index < -0.39 is 39.5 Å². The molecule has 0 atom stereocenters. The fourth-order valence-corrected chi connectivity index (χ4v) is 3.95. The van der Waals surface area contributed by atoms with Crippen molar-refractivity contribution in [2.75, 3.05) is 0 Å². The summed E-state index contributed by atoms with van der Waals surface area (Å²) in [5, 5.41) is 0. The van der Waals surface area contributed by atoms with Gasteiger partial charge in [-0.3, -0.25) is 4.79 Å². The molecule has 0 aromatic carbocycles. The van der Waals surface area contributed by atoms with Crippen molar-refractivity contribution in [2.45, 2.75) is 33.7 Å². The molecule has 0 amide bonds. The van der Waals surface area contributed by atoms with Crippen molar-refractivity contribution in [3.8, 4) is 0 Å². The average Bonchev–Trinajstić information content (AvgIpc) is 2.24. The Kier molecular flexibility index (Phi) is 8.45. The van der Waals surface area contributed by atoms with Gasteiger partial charge in [-0.2, -0.15) is 13.2 Å². The van der Waals surface area contributed by atoms with Gasteiger partial charge in [-0.1, -0.05) is 128 Å². The van der Waals surface area contributed by atoms with E-state index in [-0.39, 0.29) is 0 Å². The van der Waals surface area contributed by atoms with E-state index in [1.165, 1.54) is 0 Å². The minimum Gasteiger partial charge on any atom is -0.289 e. The smallest absolute Gasteiger partial charge is 0.289 e. The zero-order valence-electron chi connectivity index (χ0n) is 9.91. The van der Waals surface area contributed by atoms with Gasteiger partial charge in [0.2, 0.25) is 13.9 Å². The molecule has 0 heterocycles. The van der Waals surface area contributed by atoms with Crippen LogP contribution in [0.15, 0.2) is 0 Å². The molecule has 0 aromatic rings. The first-order valence-corrected chi connectivity index (χ1v) is 8.96. The highest BCUT2D eigenvalue weighted by atomic mass is 35.6. The molecule has 23 heavy (non-hydrogen) atoms. The van der Waals surface area contributed by atoms with Crippen molar-refractivity contribution in [3.63, 3.8) is 0 Å². The SMILES string of the molecule is O=C(CC(Cl)(Cl)C(Cl)(Cl)C(Cl)(Cl)C(Cl)(Cl)C(Cl)(Cl)Cl)C(F)(F)F. The highest BCUT2D eigenvalue weighted by Crippen LogP contribution is 2.66. The van der Waals surface area contributed by atoms with Gasteiger partial charge in [-0.15, -0.1) is 0 Å². The number of Topliss-reactive ketones (excluding diaryl/α,β-unsaturated/α-hetero) is 1. The minimum atomic E-state index is -5.28. The van der Waals surface area contributed by atoms with Crippen LogP contribution in [0.1, 0.15) is 6.42 Å². The van der Waals surface area contributed by atoms with Crippen LogP contribution in [0.3, 0.4) is 0 Å². The van der Waals surface area contributed by atoms with Crippen molar-refractivity contribution < 1.29 is 18.0 Å². The first kappa shape index (κ1) is 25.6. The van der Waals surface area contributed by atoms with Crippen LogP contribution >= 0.6 is 128 Å². The lowest BCUT2D eigenvalue weighted by atomic mass is 10.1. The molecule has 0 aliphatic carbocycles. The van der Waals surface area contributed by atoms with Gasteiger partial charge in [-0.25, -0.2) is 0 Å². The van der Waals surface area contributed by atoms with E-state index in [9.17, 15) is 18.0 Å². The predicted molar refractivity (Wildman–Crippen MR) is 93.7 cm³/mol. The summed E-state index contributed by atoms with van der Waals surface area (Å²) in [4.78, 5) is 11.1. The summed E-state index contributed by atoms with van der Waals surface area (Å²) in [7, 11) is 0. The molecule has 0 spiro atoms. The number of carbonyl (C=O) groups excluding carboxylic acids is 1. The average molecular weight is 561 g/mol. The first-order chi connectivity index (χ1) is 9.63. The summed E-state index contributed by atoms with van der Waals surface area (Å²) in [6.45, 7) is 0. The van der Waals surface area contributed by atoms with E-state index in [0.717, 1.165) is 0 Å². The van der Waals surface area contributed by atoms with Gasteiger partial charge >= 0.3 is 6.18 Å². The molecule has 0 aliphatic heterocycles. The van der Waals surface area contributed by atoms with Crippen LogP contribution in [0.4, 0.5) is 13.2 Å². The Morgan fingerprint density at radius 1 is 0.652 bits per heavy atom. The summed E-state index contributed by atoms with van der Waals surface area (Å²) < 4.78 is 22.7. The molecule has 0 saturated heterocycles. The fourth-order valence-electron chi connectivity index (χ4n) is 1.02. The molecule has 0 N–H and O–H groups in total. The predicted octanol–water partition coefficient (Wildman–Crippen LogP) is 7.57. The lowest BCUT2D eigenvalue weighted by molar-refractivity contribution is -0.171. The van der Waals surface area contributed by atoms with Crippen LogP contribution < -0.4 is 0 Å². The zero-order valence-corrected chi connectivity index (χ0v) is 18.2. The largest absolute Gasteiger partial charge is 0.450 e. The third-order valence-corrected chi connectivity index (χ3v) is 9.21. The van der Waals surface area contributed by atoms with Gasteiger partial charge in [0, 0.05) is 0 Å². The molecule has 0 fully saturated rings. The first-order valence-electron chi connectivity index (χ1n) is 4.81. The molecule has 138 valence electrons. The Bertz CT molecular complexity index is 465. The normalized spacial score (nSPS) is 15.7. The number of hydrogen-bond acceptors (Lipinski definition) is 1. The van der Waals surface area contributed by atoms with E-state index in [1.807, 2.05) is 0 Å². The van der Waals surface area contributed by atoms with Crippen LogP contribution in [-0.2, 0) is 4.79 Å². The number of hydrogen-bond donors (Lipinski definition) is 0. The highest BCUT2D eigenvalue weighted by molar-refractivity contribution is 6.81. The Morgan fingerprint density at radius 3 is 1.26 bits per heavy atom. The standard InChI is InChI=1S/C8H2Cl11F3O/c9-3(10,1-2(23)4(20,21)22)5(11,12)6(13,14)7(15,16)8(17,18)19/h1H2. The Hall–Kier alpha value is 2.65. The quantitative estimate of drug-likeness (QED) is 0.317. The summed E-state index contributed by atoms with van der Waals surface area (Å²) in [5.74, 6) is -2.37. The Labute approximate surface area is 183 Å². The second kappa shape index (κ2) is 7.58. The molecule has 0 aromatic heterocycles. The molecule has 1 nitrogen and oxygen atoms in total. The van der Waals surface area contributed by atoms with E-state index in [2.05, 4.69) is 0 Å². The van der Waals surface area contributed by atoms with Crippen LogP contribution in [0.25, 0.3) is 0 Å². The number of halogens is 14. The number of carbonyl (C=O) groups is 1. The summed E-state index contributed by atoms with van der Waals surface area (Å²) in [6, 6.07) is 0. The molecule has 0 saturated carbocycles. The lowest BCUT2D eigenvalue weighted by Gasteiger charge is -2.47. The van der Waals surface area contributed by atoms with Crippen LogP contribution in [0, 0.1) is 0 Å². The van der Waals surface area contributed by atoms with Crippen molar-refractivity contribution >= 4 is 133 Å². The van der Waals surface area contributed by atoms with E-state index in [4.69, 9.17) is 128 Å². The van der Waals surface area contributed by atoms with Gasteiger partial charge in [0.05, 0.1) is 6.42 Å². The fraction of sp³-hybridized carbons (Fsp3) is 0.875. The van der Waals surface area contributed by atoms with Crippen LogP contribution in [0.5, 0.6) is 0 Å². The number of alkyl halides is 14. The van der Waals surface area contributed by atoms with E-state index in [1.54, 1.807) is 0 Å². The Morgan fingerprint density at radius 2 is 1.00 bits per heavy atom. The Balaban J connectivity index is 5.90. The number of rotatable bonds is 5. The maximum atomic E-state index is 12.4. The lowest BCUT2D eigenvalue weighted by Crippen LogP contribution is -2.62. The topological polar surface area (TPSA) is 17.1 Å². The second-order valence-electron chi connectivity index (χ2n) is 4.02. The summed E-state index contributed by atoms with van der Waals surface area (Å²) in [5.41, 5.74) is 0. The monoisotopic (exact) mass is 556 g/mol. The van der Waals surface area contributed by atoms with Crippen LogP contribution in [-0.4, -0.2) is 33.1 Å². The third-order valence-electron chi connectivity index (χ3n) is 2.30. The van der Waals surface area contributed by atoms with Gasteiger partial charge < -0.3 is 0 Å². The molecule has 0 bridgehead atoms. The van der Waals surface area contributed by atoms with Gasteiger partial charge in [0.15, 0.2) is 13.0 Å². The van der Waals surface area contributed by atoms with Crippen molar-refractivity contribution in [1.29, 1.82) is 0 Å². The van der Waals surface area contributed by atoms with Crippen LogP contribution in [0.2, 0.25) is 0 Å². The van der Waals surface area contributed by atoms with Gasteiger partial charge in [0.25, 0.3) is 0 Å². The highest BCUT2D eigenvalue weighted by Gasteiger charge is 2.73. The second-order valence-corrected chi connectivity index (χ2v) is 11.8. The summed E-state index contributed by atoms with van der Waals surface area (Å²) in [6.07, 6.45) is -6.92.